The highest BCUT2D eigenvalue weighted by Crippen LogP contribution is 2.31. The van der Waals surface area contributed by atoms with Gasteiger partial charge in [-0.1, -0.05) is 25.4 Å². The molecule has 21 heavy (non-hydrogen) atoms. The molecule has 2 aromatic heterocycles. The average molecular weight is 318 g/mol. The summed E-state index contributed by atoms with van der Waals surface area (Å²) in [7, 11) is 1.59. The lowest BCUT2D eigenvalue weighted by Crippen LogP contribution is -1.90. The number of methoxy groups -OCH3 is 1. The summed E-state index contributed by atoms with van der Waals surface area (Å²) >= 11 is 7.72. The predicted octanol–water partition coefficient (Wildman–Crippen LogP) is 4.94. The molecule has 0 fully saturated rings. The summed E-state index contributed by atoms with van der Waals surface area (Å²) in [5.41, 5.74) is 2.71. The zero-order chi connectivity index (χ0) is 15.0. The molecule has 107 valence electrons. The van der Waals surface area contributed by atoms with Crippen LogP contribution in [0.4, 0.5) is 0 Å². The van der Waals surface area contributed by atoms with Crippen LogP contribution in [0.3, 0.4) is 0 Å². The van der Waals surface area contributed by atoms with Gasteiger partial charge in [-0.05, 0) is 24.1 Å². The summed E-state index contributed by atoms with van der Waals surface area (Å²) in [5, 5.41) is 4.41. The quantitative estimate of drug-likeness (QED) is 0.686. The van der Waals surface area contributed by atoms with Gasteiger partial charge in [0.15, 0.2) is 0 Å². The molecule has 1 radical (unpaired) electrons. The second-order valence-corrected chi connectivity index (χ2v) is 6.29. The monoisotopic (exact) mass is 317 g/mol. The van der Waals surface area contributed by atoms with Crippen LogP contribution in [0, 0.1) is 6.07 Å². The van der Waals surface area contributed by atoms with Crippen LogP contribution in [0.15, 0.2) is 23.6 Å². The number of rotatable bonds is 3. The molecule has 0 N–H and O–H groups in total. The predicted molar refractivity (Wildman–Crippen MR) is 87.3 cm³/mol. The first-order chi connectivity index (χ1) is 10.1. The van der Waals surface area contributed by atoms with E-state index in [1.165, 1.54) is 0 Å². The van der Waals surface area contributed by atoms with E-state index in [2.05, 4.69) is 35.3 Å². The van der Waals surface area contributed by atoms with Crippen molar-refractivity contribution in [3.63, 3.8) is 0 Å². The molecule has 0 amide bonds. The lowest BCUT2D eigenvalue weighted by atomic mass is 10.1. The van der Waals surface area contributed by atoms with Crippen LogP contribution < -0.4 is 4.74 Å². The molecule has 0 aliphatic carbocycles. The number of fused-ring (bicyclic) bond motifs is 1. The second kappa shape index (κ2) is 5.62. The van der Waals surface area contributed by atoms with Crippen molar-refractivity contribution < 1.29 is 4.74 Å². The summed E-state index contributed by atoms with van der Waals surface area (Å²) in [4.78, 5) is 9.27. The van der Waals surface area contributed by atoms with Gasteiger partial charge in [0.2, 0.25) is 0 Å². The van der Waals surface area contributed by atoms with E-state index in [0.29, 0.717) is 16.7 Å². The lowest BCUT2D eigenvalue weighted by Gasteiger charge is -2.05. The van der Waals surface area contributed by atoms with E-state index in [-0.39, 0.29) is 0 Å². The highest BCUT2D eigenvalue weighted by atomic mass is 35.5. The molecule has 0 unspecified atom stereocenters. The number of aromatic nitrogens is 2. The maximum Gasteiger partial charge on any atom is 0.142 e. The Hall–Kier alpha value is -1.65. The van der Waals surface area contributed by atoms with Crippen LogP contribution >= 0.6 is 22.9 Å². The van der Waals surface area contributed by atoms with Crippen LogP contribution in [-0.2, 0) is 0 Å². The van der Waals surface area contributed by atoms with Gasteiger partial charge >= 0.3 is 0 Å². The minimum atomic E-state index is 0.415. The third-order valence-electron chi connectivity index (χ3n) is 3.21. The minimum absolute atomic E-state index is 0.415. The van der Waals surface area contributed by atoms with Crippen LogP contribution in [0.1, 0.15) is 25.5 Å². The van der Waals surface area contributed by atoms with Crippen LogP contribution in [0.5, 0.6) is 5.75 Å². The van der Waals surface area contributed by atoms with Gasteiger partial charge in [-0.2, -0.15) is 0 Å². The number of benzene rings is 1. The zero-order valence-corrected chi connectivity index (χ0v) is 13.5. The number of hydrogen-bond donors (Lipinski definition) is 0. The summed E-state index contributed by atoms with van der Waals surface area (Å²) in [6.07, 6.45) is 0. The SMILES string of the molecule is COc1cc2nc(-c3nc(C(C)C)cs3)c[c]c2cc1Cl. The molecular weight excluding hydrogens is 304 g/mol. The Kier molecular flexibility index (Phi) is 3.83. The first kappa shape index (κ1) is 14.3. The molecular formula is C16H14ClN2OS. The molecule has 3 nitrogen and oxygen atoms in total. The Morgan fingerprint density at radius 3 is 2.76 bits per heavy atom. The van der Waals surface area contributed by atoms with E-state index in [1.807, 2.05) is 18.2 Å². The van der Waals surface area contributed by atoms with Crippen molar-refractivity contribution in [2.45, 2.75) is 19.8 Å². The molecule has 0 saturated heterocycles. The number of nitrogens with zero attached hydrogens (tertiary/aromatic N) is 2. The van der Waals surface area contributed by atoms with Crippen molar-refractivity contribution in [2.75, 3.05) is 7.11 Å². The summed E-state index contributed by atoms with van der Waals surface area (Å²) in [5.74, 6) is 1.03. The largest absolute Gasteiger partial charge is 0.495 e. The highest BCUT2D eigenvalue weighted by Gasteiger charge is 2.11. The molecule has 0 bridgehead atoms. The van der Waals surface area contributed by atoms with E-state index in [9.17, 15) is 0 Å². The molecule has 2 heterocycles. The number of pyridine rings is 1. The van der Waals surface area contributed by atoms with Crippen LogP contribution in [-0.4, -0.2) is 17.1 Å². The van der Waals surface area contributed by atoms with E-state index >= 15 is 0 Å². The van der Waals surface area contributed by atoms with Crippen molar-refractivity contribution in [3.05, 3.63) is 40.4 Å². The molecule has 5 heteroatoms. The lowest BCUT2D eigenvalue weighted by molar-refractivity contribution is 0.415. The van der Waals surface area contributed by atoms with E-state index < -0.39 is 0 Å². The van der Waals surface area contributed by atoms with Crippen LogP contribution in [0.2, 0.25) is 5.02 Å². The molecule has 0 aliphatic rings. The van der Waals surface area contributed by atoms with Crippen molar-refractivity contribution >= 4 is 33.8 Å². The molecule has 0 aliphatic heterocycles. The normalized spacial score (nSPS) is 11.3. The highest BCUT2D eigenvalue weighted by molar-refractivity contribution is 7.13. The number of halogens is 1. The maximum absolute atomic E-state index is 6.12. The van der Waals surface area contributed by atoms with Gasteiger partial charge in [0.05, 0.1) is 23.3 Å². The van der Waals surface area contributed by atoms with Gasteiger partial charge < -0.3 is 4.74 Å². The Labute approximate surface area is 132 Å². The van der Waals surface area contributed by atoms with Gasteiger partial charge in [-0.3, -0.25) is 0 Å². The van der Waals surface area contributed by atoms with Crippen molar-refractivity contribution in [1.29, 1.82) is 0 Å². The van der Waals surface area contributed by atoms with Gasteiger partial charge in [0.25, 0.3) is 0 Å². The summed E-state index contributed by atoms with van der Waals surface area (Å²) < 4.78 is 5.24. The second-order valence-electron chi connectivity index (χ2n) is 5.02. The van der Waals surface area contributed by atoms with Crippen molar-refractivity contribution in [3.8, 4) is 16.5 Å². The smallest absolute Gasteiger partial charge is 0.142 e. The standard InChI is InChI=1S/C16H14ClN2OS/c1-9(2)14-8-21-16(19-14)12-5-4-10-6-11(17)15(20-3)7-13(10)18-12/h5-9H,1-3H3. The molecule has 0 atom stereocenters. The Morgan fingerprint density at radius 1 is 1.29 bits per heavy atom. The Balaban J connectivity index is 2.09. The maximum atomic E-state index is 6.12. The Morgan fingerprint density at radius 2 is 2.10 bits per heavy atom. The molecule has 0 saturated carbocycles. The third kappa shape index (κ3) is 2.74. The fourth-order valence-electron chi connectivity index (χ4n) is 1.99. The summed E-state index contributed by atoms with van der Waals surface area (Å²) in [6, 6.07) is 8.71. The number of thiazole rings is 1. The van der Waals surface area contributed by atoms with E-state index in [4.69, 9.17) is 16.3 Å². The van der Waals surface area contributed by atoms with Gasteiger partial charge in [0.1, 0.15) is 16.5 Å². The molecule has 1 aromatic carbocycles. The Bertz CT molecular complexity index is 798. The molecule has 3 rings (SSSR count). The fourth-order valence-corrected chi connectivity index (χ4v) is 3.18. The molecule has 3 aromatic rings. The van der Waals surface area contributed by atoms with Crippen molar-refractivity contribution in [1.82, 2.24) is 9.97 Å². The minimum Gasteiger partial charge on any atom is -0.495 e. The first-order valence-electron chi connectivity index (χ1n) is 6.60. The topological polar surface area (TPSA) is 35.0 Å². The first-order valence-corrected chi connectivity index (χ1v) is 7.86. The zero-order valence-electron chi connectivity index (χ0n) is 12.0. The number of ether oxygens (including phenoxy) is 1. The molecule has 0 spiro atoms. The number of hydrogen-bond acceptors (Lipinski definition) is 4. The van der Waals surface area contributed by atoms with E-state index in [0.717, 1.165) is 27.3 Å². The van der Waals surface area contributed by atoms with Gasteiger partial charge in [-0.15, -0.1) is 11.3 Å². The average Bonchev–Trinajstić information content (AvgIpc) is 2.96. The van der Waals surface area contributed by atoms with Crippen LogP contribution in [0.25, 0.3) is 21.6 Å². The van der Waals surface area contributed by atoms with Gasteiger partial charge in [-0.25, -0.2) is 9.97 Å². The van der Waals surface area contributed by atoms with Gasteiger partial charge in [0, 0.05) is 16.8 Å². The third-order valence-corrected chi connectivity index (χ3v) is 4.39. The van der Waals surface area contributed by atoms with Crippen molar-refractivity contribution in [2.24, 2.45) is 0 Å². The summed E-state index contributed by atoms with van der Waals surface area (Å²) in [6.45, 7) is 4.26. The fraction of sp³-hybridized carbons (Fsp3) is 0.250. The van der Waals surface area contributed by atoms with E-state index in [1.54, 1.807) is 18.4 Å².